The molecule has 0 aliphatic heterocycles. The third kappa shape index (κ3) is 9.48. The van der Waals surface area contributed by atoms with Crippen LogP contribution in [0.5, 0.6) is 0 Å². The van der Waals surface area contributed by atoms with E-state index >= 15 is 0 Å². The molecule has 0 saturated carbocycles. The lowest BCUT2D eigenvalue weighted by Gasteiger charge is -2.27. The van der Waals surface area contributed by atoms with E-state index in [-0.39, 0.29) is 0 Å². The van der Waals surface area contributed by atoms with Crippen LogP contribution in [-0.4, -0.2) is 23.3 Å². The molecule has 0 aliphatic rings. The lowest BCUT2D eigenvalue weighted by atomic mass is 9.75. The molecule has 5 heterocycles. The molecule has 0 unspecified atom stereocenters. The lowest BCUT2D eigenvalue weighted by Crippen LogP contribution is -2.04. The highest BCUT2D eigenvalue weighted by Gasteiger charge is 2.31. The van der Waals surface area contributed by atoms with Crippen LogP contribution in [0.1, 0.15) is 61.5 Å². The van der Waals surface area contributed by atoms with E-state index in [9.17, 15) is 5.26 Å². The van der Waals surface area contributed by atoms with Crippen LogP contribution in [0.3, 0.4) is 0 Å². The maximum atomic E-state index is 12.7. The van der Waals surface area contributed by atoms with Gasteiger partial charge in [0.25, 0.3) is 0 Å². The summed E-state index contributed by atoms with van der Waals surface area (Å²) in [6.45, 7) is 21.6. The Hall–Kier alpha value is -12.3. The average molecular weight is 1290 g/mol. The molecular weight excluding hydrogens is 1210 g/mol. The minimum Gasteiger partial charge on any atom is -0.309 e. The zero-order chi connectivity index (χ0) is 68.1. The summed E-state index contributed by atoms with van der Waals surface area (Å²) in [5, 5.41) is 22.5. The molecule has 0 bridgehead atoms. The van der Waals surface area contributed by atoms with E-state index in [1.165, 1.54) is 87.6 Å². The monoisotopic (exact) mass is 1280 g/mol. The van der Waals surface area contributed by atoms with Gasteiger partial charge in [-0.15, -0.1) is 0 Å². The summed E-state index contributed by atoms with van der Waals surface area (Å²) >= 11 is 0. The highest BCUT2D eigenvalue weighted by atomic mass is 15.0. The summed E-state index contributed by atoms with van der Waals surface area (Å²) in [5.74, 6) is 0. The second-order valence-corrected chi connectivity index (χ2v) is 28.1. The lowest BCUT2D eigenvalue weighted by molar-refractivity contribution is 1.13. The van der Waals surface area contributed by atoms with Crippen LogP contribution in [0.25, 0.3) is 166 Å². The predicted octanol–water partition coefficient (Wildman–Crippen LogP) is 24.8. The smallest absolute Gasteiger partial charge is 0.100 e. The van der Waals surface area contributed by atoms with Crippen LogP contribution in [0, 0.1) is 80.6 Å². The number of rotatable bonds is 9. The molecule has 0 saturated heterocycles. The minimum absolute atomic E-state index is 0.574. The standard InChI is InChI=1S/C94H72N6/c1-54-11-37-82-73(45-54)74-46-55(2)12-38-83(74)97(82)68-28-20-64(21-29-68)90-81(53-95)91(65-22-30-69(31-23-65)98-84-39-13-56(3)47-75(84)76-48-57(4)14-40-85(76)98)94(72-36-19-62(9)96-63(72)10)93(67-26-34-71(35-27-67)100-88-43-17-60(7)51-79(88)80-52-61(8)18-44-89(80)100)92(90)66-24-32-70(33-25-66)99-86-41-15-58(5)49-77(86)78-50-59(6)16-42-87(78)99/h11-52H,1-10H3. The second-order valence-electron chi connectivity index (χ2n) is 28.1. The fourth-order valence-corrected chi connectivity index (χ4v) is 16.5. The van der Waals surface area contributed by atoms with Gasteiger partial charge in [-0.2, -0.15) is 5.26 Å². The number of nitriles is 1. The predicted molar refractivity (Wildman–Crippen MR) is 421 cm³/mol. The van der Waals surface area contributed by atoms with Crippen LogP contribution in [0.2, 0.25) is 0 Å². The number of hydrogen-bond acceptors (Lipinski definition) is 2. The van der Waals surface area contributed by atoms with Crippen molar-refractivity contribution in [2.45, 2.75) is 69.2 Å². The van der Waals surface area contributed by atoms with E-state index < -0.39 is 0 Å². The third-order valence-corrected chi connectivity index (χ3v) is 21.1. The molecule has 100 heavy (non-hydrogen) atoms. The van der Waals surface area contributed by atoms with Crippen LogP contribution in [-0.2, 0) is 0 Å². The van der Waals surface area contributed by atoms with Crippen LogP contribution in [0.15, 0.2) is 255 Å². The van der Waals surface area contributed by atoms with E-state index in [1.54, 1.807) is 0 Å². The molecule has 0 spiro atoms. The molecule has 0 amide bonds. The Balaban J connectivity index is 0.946. The molecule has 0 N–H and O–H groups in total. The molecule has 0 radical (unpaired) electrons. The molecule has 0 atom stereocenters. The quantitative estimate of drug-likeness (QED) is 0.145. The van der Waals surface area contributed by atoms with Gasteiger partial charge in [-0.3, -0.25) is 4.98 Å². The minimum atomic E-state index is 0.574. The first-order chi connectivity index (χ1) is 48.6. The number of pyridine rings is 1. The van der Waals surface area contributed by atoms with Crippen molar-refractivity contribution in [1.82, 2.24) is 23.3 Å². The summed E-state index contributed by atoms with van der Waals surface area (Å²) in [6.07, 6.45) is 0. The van der Waals surface area contributed by atoms with Crippen LogP contribution in [0.4, 0.5) is 0 Å². The van der Waals surface area contributed by atoms with Gasteiger partial charge in [-0.1, -0.05) is 148 Å². The van der Waals surface area contributed by atoms with Gasteiger partial charge in [0.1, 0.15) is 6.07 Å². The van der Waals surface area contributed by atoms with Crippen molar-refractivity contribution < 1.29 is 0 Å². The van der Waals surface area contributed by atoms with Crippen molar-refractivity contribution in [3.63, 3.8) is 0 Å². The fraction of sp³-hybridized carbons (Fsp3) is 0.106. The molecule has 478 valence electrons. The zero-order valence-electron chi connectivity index (χ0n) is 57.9. The number of aromatic nitrogens is 5. The molecular formula is C94H72N6. The molecule has 0 aliphatic carbocycles. The van der Waals surface area contributed by atoms with Crippen molar-refractivity contribution in [3.05, 3.63) is 316 Å². The number of fused-ring (bicyclic) bond motifs is 12. The zero-order valence-corrected chi connectivity index (χ0v) is 57.9. The second kappa shape index (κ2) is 22.9. The Morgan fingerprint density at radius 3 is 0.690 bits per heavy atom. The van der Waals surface area contributed by atoms with Crippen molar-refractivity contribution in [2.75, 3.05) is 0 Å². The van der Waals surface area contributed by atoms with Gasteiger partial charge in [0, 0.05) is 99.5 Å². The largest absolute Gasteiger partial charge is 0.309 e. The first-order valence-electron chi connectivity index (χ1n) is 34.7. The summed E-state index contributed by atoms with van der Waals surface area (Å²) in [5.41, 5.74) is 34.9. The Labute approximate surface area is 582 Å². The van der Waals surface area contributed by atoms with Gasteiger partial charge < -0.3 is 18.3 Å². The van der Waals surface area contributed by atoms with Gasteiger partial charge >= 0.3 is 0 Å². The van der Waals surface area contributed by atoms with Crippen molar-refractivity contribution in [2.24, 2.45) is 0 Å². The van der Waals surface area contributed by atoms with E-state index in [0.717, 1.165) is 134 Å². The van der Waals surface area contributed by atoms with Gasteiger partial charge in [-0.05, 0) is 254 Å². The molecule has 13 aromatic carbocycles. The maximum Gasteiger partial charge on any atom is 0.100 e. The van der Waals surface area contributed by atoms with Gasteiger partial charge in [0.15, 0.2) is 0 Å². The fourth-order valence-electron chi connectivity index (χ4n) is 16.5. The van der Waals surface area contributed by atoms with E-state index in [2.05, 4.69) is 348 Å². The summed E-state index contributed by atoms with van der Waals surface area (Å²) < 4.78 is 9.60. The van der Waals surface area contributed by atoms with Crippen molar-refractivity contribution in [1.29, 1.82) is 5.26 Å². The van der Waals surface area contributed by atoms with Crippen molar-refractivity contribution in [3.8, 4) is 84.5 Å². The normalized spacial score (nSPS) is 11.9. The topological polar surface area (TPSA) is 56.4 Å². The molecule has 5 aromatic heterocycles. The number of benzene rings is 13. The summed E-state index contributed by atoms with van der Waals surface area (Å²) in [6, 6.07) is 98.0. The molecule has 0 fully saturated rings. The van der Waals surface area contributed by atoms with Crippen LogP contribution < -0.4 is 0 Å². The van der Waals surface area contributed by atoms with Gasteiger partial charge in [0.05, 0.1) is 49.7 Å². The highest BCUT2D eigenvalue weighted by molar-refractivity contribution is 6.15. The number of aryl methyl sites for hydroxylation is 10. The molecule has 6 nitrogen and oxygen atoms in total. The summed E-state index contributed by atoms with van der Waals surface area (Å²) in [7, 11) is 0. The van der Waals surface area contributed by atoms with E-state index in [1.807, 2.05) is 0 Å². The van der Waals surface area contributed by atoms with Crippen molar-refractivity contribution >= 4 is 87.2 Å². The van der Waals surface area contributed by atoms with Gasteiger partial charge in [-0.25, -0.2) is 0 Å². The van der Waals surface area contributed by atoms with E-state index in [4.69, 9.17) is 4.98 Å². The average Bonchev–Trinajstić information content (AvgIpc) is 0.877. The maximum absolute atomic E-state index is 12.7. The highest BCUT2D eigenvalue weighted by Crippen LogP contribution is 2.54. The van der Waals surface area contributed by atoms with E-state index in [0.29, 0.717) is 5.56 Å². The third-order valence-electron chi connectivity index (χ3n) is 21.1. The number of nitrogens with zero attached hydrogens (tertiary/aromatic N) is 6. The molecule has 18 rings (SSSR count). The summed E-state index contributed by atoms with van der Waals surface area (Å²) in [4.78, 5) is 5.29. The Morgan fingerprint density at radius 1 is 0.240 bits per heavy atom. The van der Waals surface area contributed by atoms with Crippen LogP contribution >= 0.6 is 0 Å². The van der Waals surface area contributed by atoms with Gasteiger partial charge in [0.2, 0.25) is 0 Å². The SMILES string of the molecule is Cc1ccc2c(c1)c1cc(C)ccc1n2-c1ccc(-c2c(C#N)c(-c3ccc(-n4c5ccc(C)cc5c5cc(C)ccc54)cc3)c(-c3ccc(C)nc3C)c(-c3ccc(-n4c5ccc(C)cc5c5cc(C)ccc54)cc3)c2-c2ccc(-n3c4ccc(C)cc4c4cc(C)ccc43)cc2)cc1. The Bertz CT molecular complexity index is 6300. The number of hydrogen-bond donors (Lipinski definition) is 0. The molecule has 18 aromatic rings. The first kappa shape index (κ1) is 60.1. The Kier molecular flexibility index (Phi) is 13.8. The molecule has 6 heteroatoms. The Morgan fingerprint density at radius 2 is 0.460 bits per heavy atom. The first-order valence-corrected chi connectivity index (χ1v) is 34.7.